The Kier molecular flexibility index (Phi) is 10.9. The minimum atomic E-state index is -4.74. The molecular formula is C25H28F8N2O3S. The average Bonchev–Trinajstić information content (AvgIpc) is 3.48. The Morgan fingerprint density at radius 2 is 1.74 bits per heavy atom. The summed E-state index contributed by atoms with van der Waals surface area (Å²) in [6.45, 7) is 2.48. The number of benzene rings is 2. The summed E-state index contributed by atoms with van der Waals surface area (Å²) in [6.07, 6.45) is -5.19. The molecule has 1 atom stereocenters. The molecule has 1 fully saturated rings. The molecule has 0 bridgehead atoms. The molecule has 4 rings (SSSR count). The van der Waals surface area contributed by atoms with Crippen LogP contribution in [0.3, 0.4) is 0 Å². The van der Waals surface area contributed by atoms with E-state index < -0.39 is 47.7 Å². The maximum Gasteiger partial charge on any atom is 0.420 e. The van der Waals surface area contributed by atoms with Crippen LogP contribution in [0.2, 0.25) is 0 Å². The Morgan fingerprint density at radius 3 is 2.23 bits per heavy atom. The predicted octanol–water partition coefficient (Wildman–Crippen LogP) is 7.72. The summed E-state index contributed by atoms with van der Waals surface area (Å²) in [5.74, 6) is -7.39. The highest BCUT2D eigenvalue weighted by atomic mass is 32.2. The van der Waals surface area contributed by atoms with Crippen molar-refractivity contribution < 1.29 is 49.8 Å². The zero-order chi connectivity index (χ0) is 29.6. The van der Waals surface area contributed by atoms with Gasteiger partial charge in [-0.25, -0.2) is 26.3 Å². The van der Waals surface area contributed by atoms with Gasteiger partial charge in [0.2, 0.25) is 5.92 Å². The second-order valence-electron chi connectivity index (χ2n) is 8.89. The van der Waals surface area contributed by atoms with Gasteiger partial charge in [0.15, 0.2) is 0 Å². The molecule has 2 aliphatic rings. The number of carbonyl (C=O) groups is 1. The van der Waals surface area contributed by atoms with Gasteiger partial charge in [-0.3, -0.25) is 4.79 Å². The highest BCUT2D eigenvalue weighted by molar-refractivity contribution is 7.97. The van der Waals surface area contributed by atoms with E-state index >= 15 is 0 Å². The summed E-state index contributed by atoms with van der Waals surface area (Å²) in [7, 11) is 1.78. The van der Waals surface area contributed by atoms with Gasteiger partial charge in [-0.1, -0.05) is 13.0 Å². The van der Waals surface area contributed by atoms with Crippen LogP contribution in [0.25, 0.3) is 0 Å². The average molecular weight is 589 g/mol. The predicted molar refractivity (Wildman–Crippen MR) is 131 cm³/mol. The van der Waals surface area contributed by atoms with Crippen molar-refractivity contribution in [2.75, 3.05) is 31.6 Å². The van der Waals surface area contributed by atoms with Crippen LogP contribution in [0.15, 0.2) is 41.3 Å². The Bertz CT molecular complexity index is 1110. The van der Waals surface area contributed by atoms with E-state index in [-0.39, 0.29) is 25.0 Å². The number of halogens is 8. The van der Waals surface area contributed by atoms with Crippen LogP contribution >= 0.6 is 11.9 Å². The van der Waals surface area contributed by atoms with Crippen LogP contribution in [0.5, 0.6) is 5.75 Å². The fraction of sp³-hybridized carbons (Fsp3) is 0.480. The van der Waals surface area contributed by atoms with Crippen molar-refractivity contribution in [3.05, 3.63) is 47.8 Å². The molecule has 0 radical (unpaired) electrons. The minimum absolute atomic E-state index is 0.0625. The van der Waals surface area contributed by atoms with Gasteiger partial charge < -0.3 is 14.7 Å². The van der Waals surface area contributed by atoms with Crippen molar-refractivity contribution in [1.29, 1.82) is 0 Å². The first kappa shape index (κ1) is 32.5. The fourth-order valence-corrected chi connectivity index (χ4v) is 4.23. The lowest BCUT2D eigenvalue weighted by Gasteiger charge is -2.26. The lowest BCUT2D eigenvalue weighted by molar-refractivity contribution is -0.139. The first-order chi connectivity index (χ1) is 18.0. The van der Waals surface area contributed by atoms with Crippen LogP contribution < -0.4 is 9.64 Å². The summed E-state index contributed by atoms with van der Waals surface area (Å²) >= 11 is 1.22. The van der Waals surface area contributed by atoms with Crippen molar-refractivity contribution in [3.63, 3.8) is 0 Å². The zero-order valence-electron chi connectivity index (χ0n) is 21.2. The van der Waals surface area contributed by atoms with Gasteiger partial charge in [-0.05, 0) is 56.3 Å². The molecule has 39 heavy (non-hydrogen) atoms. The van der Waals surface area contributed by atoms with Gasteiger partial charge >= 0.3 is 6.18 Å². The molecule has 14 heteroatoms. The SMILES string of the molecule is CCC(C)(F)F.CN1CCN(c2cccc(F)c2)c2cc(C(F)(F)F)c(OCC3CC3(F)F)cc2S1.O=CO. The molecule has 1 heterocycles. The molecule has 1 aliphatic heterocycles. The van der Waals surface area contributed by atoms with Crippen LogP contribution in [0, 0.1) is 11.7 Å². The normalized spacial score (nSPS) is 18.4. The Labute approximate surface area is 224 Å². The number of fused-ring (bicyclic) bond motifs is 1. The van der Waals surface area contributed by atoms with E-state index in [9.17, 15) is 35.1 Å². The Balaban J connectivity index is 0.000000516. The molecule has 2 aromatic carbocycles. The third-order valence-corrected chi connectivity index (χ3v) is 6.70. The van der Waals surface area contributed by atoms with Crippen LogP contribution in [0.4, 0.5) is 46.5 Å². The summed E-state index contributed by atoms with van der Waals surface area (Å²) in [6, 6.07) is 7.81. The monoisotopic (exact) mass is 588 g/mol. The standard InChI is InChI=1S/C20H18F6N2OS.C4H8F2.CH2O2/c1-27-5-6-28(14-4-2-3-13(21)7-14)16-8-15(20(24,25)26)17(9-18(16)30-27)29-11-12-10-19(12,22)23;1-3-4(2,5)6;2-1-3/h2-4,7-9,12H,5-6,10-11H2,1H3;3H2,1-2H3;1H,(H,2,3). The number of hydrogen-bond acceptors (Lipinski definition) is 5. The largest absolute Gasteiger partial charge is 0.492 e. The second-order valence-corrected chi connectivity index (χ2v) is 10.1. The van der Waals surface area contributed by atoms with Crippen LogP contribution in [0.1, 0.15) is 32.3 Å². The van der Waals surface area contributed by atoms with Gasteiger partial charge in [0, 0.05) is 31.6 Å². The molecule has 0 spiro atoms. The van der Waals surface area contributed by atoms with E-state index in [4.69, 9.17) is 14.6 Å². The molecule has 0 saturated heterocycles. The van der Waals surface area contributed by atoms with E-state index in [1.165, 1.54) is 43.1 Å². The second kappa shape index (κ2) is 13.1. The Morgan fingerprint density at radius 1 is 1.15 bits per heavy atom. The van der Waals surface area contributed by atoms with Gasteiger partial charge in [0.05, 0.1) is 28.7 Å². The Hall–Kier alpha value is -2.74. The third-order valence-electron chi connectivity index (χ3n) is 5.69. The molecule has 1 aliphatic carbocycles. The maximum absolute atomic E-state index is 13.8. The number of anilines is 2. The summed E-state index contributed by atoms with van der Waals surface area (Å²) in [5, 5.41) is 6.89. The van der Waals surface area contributed by atoms with Crippen molar-refractivity contribution in [2.24, 2.45) is 5.92 Å². The van der Waals surface area contributed by atoms with E-state index in [1.807, 2.05) is 4.31 Å². The third kappa shape index (κ3) is 9.75. The highest BCUT2D eigenvalue weighted by Gasteiger charge is 2.57. The smallest absolute Gasteiger partial charge is 0.420 e. The molecular weight excluding hydrogens is 560 g/mol. The van der Waals surface area contributed by atoms with Gasteiger partial charge in [0.25, 0.3) is 12.4 Å². The maximum atomic E-state index is 13.8. The van der Waals surface area contributed by atoms with Crippen LogP contribution in [-0.4, -0.2) is 54.5 Å². The van der Waals surface area contributed by atoms with Crippen molar-refractivity contribution in [3.8, 4) is 5.75 Å². The highest BCUT2D eigenvalue weighted by Crippen LogP contribution is 2.50. The first-order valence-corrected chi connectivity index (χ1v) is 12.4. The molecule has 0 amide bonds. The fourth-order valence-electron chi connectivity index (χ4n) is 3.30. The van der Waals surface area contributed by atoms with E-state index in [2.05, 4.69) is 0 Å². The quantitative estimate of drug-likeness (QED) is 0.219. The van der Waals surface area contributed by atoms with Gasteiger partial charge in [-0.15, -0.1) is 0 Å². The van der Waals surface area contributed by atoms with E-state index in [0.29, 0.717) is 23.7 Å². The van der Waals surface area contributed by atoms with Gasteiger partial charge in [0.1, 0.15) is 11.6 Å². The molecule has 1 saturated carbocycles. The topological polar surface area (TPSA) is 53.0 Å². The molecule has 5 nitrogen and oxygen atoms in total. The van der Waals surface area contributed by atoms with Crippen molar-refractivity contribution >= 4 is 29.8 Å². The van der Waals surface area contributed by atoms with E-state index in [0.717, 1.165) is 13.0 Å². The lowest BCUT2D eigenvalue weighted by atomic mass is 10.1. The number of hydrogen-bond donors (Lipinski definition) is 1. The van der Waals surface area contributed by atoms with E-state index in [1.54, 1.807) is 18.0 Å². The van der Waals surface area contributed by atoms with Crippen molar-refractivity contribution in [1.82, 2.24) is 4.31 Å². The molecule has 218 valence electrons. The zero-order valence-corrected chi connectivity index (χ0v) is 22.1. The molecule has 1 N–H and O–H groups in total. The number of nitrogens with zero attached hydrogens (tertiary/aromatic N) is 2. The first-order valence-electron chi connectivity index (χ1n) is 11.7. The lowest BCUT2D eigenvalue weighted by Crippen LogP contribution is -2.25. The molecule has 2 aromatic rings. The number of rotatable bonds is 5. The van der Waals surface area contributed by atoms with Crippen molar-refractivity contribution in [2.45, 2.75) is 49.6 Å². The summed E-state index contributed by atoms with van der Waals surface area (Å²) < 4.78 is 111. The number of carboxylic acid groups (broad SMARTS) is 1. The number of likely N-dealkylation sites (N-methyl/N-ethyl adjacent to an activating group) is 1. The van der Waals surface area contributed by atoms with Gasteiger partial charge in [-0.2, -0.15) is 13.2 Å². The molecule has 1 unspecified atom stereocenters. The molecule has 0 aromatic heterocycles. The number of ether oxygens (including phenoxy) is 1. The summed E-state index contributed by atoms with van der Waals surface area (Å²) in [5.41, 5.74) is -0.366. The number of alkyl halides is 7. The van der Waals surface area contributed by atoms with Crippen LogP contribution in [-0.2, 0) is 11.0 Å². The summed E-state index contributed by atoms with van der Waals surface area (Å²) in [4.78, 5) is 10.4. The minimum Gasteiger partial charge on any atom is -0.492 e.